The highest BCUT2D eigenvalue weighted by atomic mass is 16.5. The Morgan fingerprint density at radius 1 is 1.29 bits per heavy atom. The molecule has 21 heavy (non-hydrogen) atoms. The lowest BCUT2D eigenvalue weighted by molar-refractivity contribution is 0.129. The van der Waals surface area contributed by atoms with Crippen LogP contribution >= 0.6 is 0 Å². The van der Waals surface area contributed by atoms with Crippen molar-refractivity contribution in [2.24, 2.45) is 7.05 Å². The Morgan fingerprint density at radius 3 is 2.52 bits per heavy atom. The van der Waals surface area contributed by atoms with Gasteiger partial charge in [0.2, 0.25) is 0 Å². The molecule has 114 valence electrons. The molecule has 1 heterocycles. The SMILES string of the molecule is CC(CO)Oc1ccc(C(C)C)cc1-n1nnn(C)c1=O. The summed E-state index contributed by atoms with van der Waals surface area (Å²) in [6, 6.07) is 5.59. The molecule has 1 N–H and O–H groups in total. The minimum atomic E-state index is -0.374. The lowest BCUT2D eigenvalue weighted by Gasteiger charge is -2.16. The second-order valence-corrected chi connectivity index (χ2v) is 5.29. The Labute approximate surface area is 122 Å². The normalized spacial score (nSPS) is 12.7. The van der Waals surface area contributed by atoms with Crippen molar-refractivity contribution in [2.45, 2.75) is 32.8 Å². The molecule has 0 aliphatic carbocycles. The molecular weight excluding hydrogens is 272 g/mol. The largest absolute Gasteiger partial charge is 0.486 e. The lowest BCUT2D eigenvalue weighted by atomic mass is 10.0. The van der Waals surface area contributed by atoms with Gasteiger partial charge in [-0.2, -0.15) is 9.36 Å². The number of aryl methyl sites for hydroxylation is 1. The minimum absolute atomic E-state index is 0.110. The summed E-state index contributed by atoms with van der Waals surface area (Å²) < 4.78 is 8.02. The summed E-state index contributed by atoms with van der Waals surface area (Å²) in [5.74, 6) is 0.795. The molecular formula is C14H20N4O3. The number of aliphatic hydroxyl groups excluding tert-OH is 1. The van der Waals surface area contributed by atoms with E-state index in [-0.39, 0.29) is 18.4 Å². The molecule has 1 aromatic heterocycles. The third kappa shape index (κ3) is 3.13. The molecule has 2 aromatic rings. The van der Waals surface area contributed by atoms with Crippen molar-refractivity contribution in [1.82, 2.24) is 19.8 Å². The summed E-state index contributed by atoms with van der Waals surface area (Å²) in [6.45, 7) is 5.77. The van der Waals surface area contributed by atoms with Gasteiger partial charge in [0, 0.05) is 7.05 Å². The standard InChI is InChI=1S/C14H20N4O3/c1-9(2)11-5-6-13(21-10(3)8-19)12(7-11)18-14(20)17(4)15-16-18/h5-7,9-10,19H,8H2,1-4H3. The van der Waals surface area contributed by atoms with Crippen LogP contribution in [0.2, 0.25) is 0 Å². The Balaban J connectivity index is 2.56. The van der Waals surface area contributed by atoms with Gasteiger partial charge in [0.15, 0.2) is 0 Å². The van der Waals surface area contributed by atoms with E-state index in [1.54, 1.807) is 13.0 Å². The van der Waals surface area contributed by atoms with Gasteiger partial charge in [-0.25, -0.2) is 4.79 Å². The van der Waals surface area contributed by atoms with Crippen molar-refractivity contribution in [3.63, 3.8) is 0 Å². The van der Waals surface area contributed by atoms with E-state index in [9.17, 15) is 4.79 Å². The van der Waals surface area contributed by atoms with Crippen molar-refractivity contribution >= 4 is 0 Å². The van der Waals surface area contributed by atoms with Crippen LogP contribution < -0.4 is 10.4 Å². The summed E-state index contributed by atoms with van der Waals surface area (Å²) in [5, 5.41) is 16.7. The molecule has 0 aliphatic heterocycles. The van der Waals surface area contributed by atoms with E-state index in [1.165, 1.54) is 11.7 Å². The summed E-state index contributed by atoms with van der Waals surface area (Å²) in [4.78, 5) is 12.1. The van der Waals surface area contributed by atoms with Gasteiger partial charge in [0.05, 0.1) is 6.61 Å². The van der Waals surface area contributed by atoms with Crippen molar-refractivity contribution in [3.8, 4) is 11.4 Å². The van der Waals surface area contributed by atoms with E-state index in [1.807, 2.05) is 12.1 Å². The van der Waals surface area contributed by atoms with Crippen molar-refractivity contribution in [3.05, 3.63) is 34.2 Å². The van der Waals surface area contributed by atoms with Crippen LogP contribution in [0.25, 0.3) is 5.69 Å². The number of rotatable bonds is 5. The summed E-state index contributed by atoms with van der Waals surface area (Å²) >= 11 is 0. The fourth-order valence-electron chi connectivity index (χ4n) is 1.88. The number of nitrogens with zero attached hydrogens (tertiary/aromatic N) is 4. The summed E-state index contributed by atoms with van der Waals surface area (Å²) in [7, 11) is 1.54. The highest BCUT2D eigenvalue weighted by Crippen LogP contribution is 2.27. The van der Waals surface area contributed by atoms with E-state index in [2.05, 4.69) is 24.3 Å². The number of tetrazole rings is 1. The quantitative estimate of drug-likeness (QED) is 0.883. The Morgan fingerprint density at radius 2 is 2.00 bits per heavy atom. The molecule has 1 unspecified atom stereocenters. The number of hydrogen-bond acceptors (Lipinski definition) is 5. The Kier molecular flexibility index (Phi) is 4.42. The summed E-state index contributed by atoms with van der Waals surface area (Å²) in [6.07, 6.45) is -0.374. The van der Waals surface area contributed by atoms with Crippen LogP contribution in [0.1, 0.15) is 32.3 Å². The van der Waals surface area contributed by atoms with Gasteiger partial charge in [-0.15, -0.1) is 0 Å². The number of ether oxygens (including phenoxy) is 1. The molecule has 2 rings (SSSR count). The molecule has 0 fully saturated rings. The molecule has 1 aromatic carbocycles. The van der Waals surface area contributed by atoms with Gasteiger partial charge >= 0.3 is 5.69 Å². The molecule has 0 bridgehead atoms. The van der Waals surface area contributed by atoms with E-state index >= 15 is 0 Å². The highest BCUT2D eigenvalue weighted by molar-refractivity contribution is 5.49. The first-order valence-electron chi connectivity index (χ1n) is 6.85. The Bertz CT molecular complexity index is 675. The monoisotopic (exact) mass is 292 g/mol. The predicted molar refractivity (Wildman–Crippen MR) is 77.9 cm³/mol. The highest BCUT2D eigenvalue weighted by Gasteiger charge is 2.16. The molecule has 0 saturated heterocycles. The zero-order chi connectivity index (χ0) is 15.6. The minimum Gasteiger partial charge on any atom is -0.486 e. The average Bonchev–Trinajstić information content (AvgIpc) is 2.79. The van der Waals surface area contributed by atoms with E-state index in [0.717, 1.165) is 10.2 Å². The first kappa shape index (κ1) is 15.2. The maximum absolute atomic E-state index is 12.1. The average molecular weight is 292 g/mol. The van der Waals surface area contributed by atoms with Crippen LogP contribution in [0.4, 0.5) is 0 Å². The maximum Gasteiger partial charge on any atom is 0.368 e. The number of hydrogen-bond donors (Lipinski definition) is 1. The third-order valence-electron chi connectivity index (χ3n) is 3.18. The number of benzene rings is 1. The van der Waals surface area contributed by atoms with Crippen LogP contribution in [0.15, 0.2) is 23.0 Å². The van der Waals surface area contributed by atoms with Crippen molar-refractivity contribution in [1.29, 1.82) is 0 Å². The molecule has 0 amide bonds. The van der Waals surface area contributed by atoms with E-state index < -0.39 is 0 Å². The van der Waals surface area contributed by atoms with Crippen LogP contribution in [-0.2, 0) is 7.05 Å². The van der Waals surface area contributed by atoms with Crippen LogP contribution in [-0.4, -0.2) is 37.6 Å². The van der Waals surface area contributed by atoms with Gasteiger partial charge in [0.1, 0.15) is 17.5 Å². The second-order valence-electron chi connectivity index (χ2n) is 5.29. The van der Waals surface area contributed by atoms with Crippen molar-refractivity contribution in [2.75, 3.05) is 6.61 Å². The van der Waals surface area contributed by atoms with Gasteiger partial charge in [-0.1, -0.05) is 19.9 Å². The van der Waals surface area contributed by atoms with E-state index in [0.29, 0.717) is 17.4 Å². The molecule has 7 nitrogen and oxygen atoms in total. The topological polar surface area (TPSA) is 82.2 Å². The Hall–Kier alpha value is -2.15. The van der Waals surface area contributed by atoms with Crippen LogP contribution in [0, 0.1) is 0 Å². The summed E-state index contributed by atoms with van der Waals surface area (Å²) in [5.41, 5.74) is 1.24. The molecule has 1 atom stereocenters. The zero-order valence-corrected chi connectivity index (χ0v) is 12.6. The molecule has 0 aliphatic rings. The second kappa shape index (κ2) is 6.09. The fraction of sp³-hybridized carbons (Fsp3) is 0.500. The van der Waals surface area contributed by atoms with Gasteiger partial charge < -0.3 is 9.84 Å². The maximum atomic E-state index is 12.1. The zero-order valence-electron chi connectivity index (χ0n) is 12.6. The molecule has 0 spiro atoms. The molecule has 0 radical (unpaired) electrons. The first-order chi connectivity index (χ1) is 9.93. The first-order valence-corrected chi connectivity index (χ1v) is 6.85. The van der Waals surface area contributed by atoms with Crippen LogP contribution in [0.5, 0.6) is 5.75 Å². The van der Waals surface area contributed by atoms with E-state index in [4.69, 9.17) is 9.84 Å². The number of aliphatic hydroxyl groups is 1. The molecule has 7 heteroatoms. The van der Waals surface area contributed by atoms with Gasteiger partial charge in [0.25, 0.3) is 0 Å². The lowest BCUT2D eigenvalue weighted by Crippen LogP contribution is -2.24. The predicted octanol–water partition coefficient (Wildman–Crippen LogP) is 0.849. The fourth-order valence-corrected chi connectivity index (χ4v) is 1.88. The van der Waals surface area contributed by atoms with Crippen LogP contribution in [0.3, 0.4) is 0 Å². The molecule has 0 saturated carbocycles. The van der Waals surface area contributed by atoms with Crippen molar-refractivity contribution < 1.29 is 9.84 Å². The van der Waals surface area contributed by atoms with Gasteiger partial charge in [-0.3, -0.25) is 0 Å². The van der Waals surface area contributed by atoms with Gasteiger partial charge in [-0.05, 0) is 41.0 Å². The number of aromatic nitrogens is 4. The smallest absolute Gasteiger partial charge is 0.368 e. The third-order valence-corrected chi connectivity index (χ3v) is 3.18.